The molecule has 1 N–H and O–H groups in total. The van der Waals surface area contributed by atoms with E-state index in [1.807, 2.05) is 6.07 Å². The molecule has 1 aromatic carbocycles. The van der Waals surface area contributed by atoms with Crippen LogP contribution >= 0.6 is 15.9 Å². The molecule has 1 aliphatic rings. The number of benzene rings is 1. The quantitative estimate of drug-likeness (QED) is 0.859. The van der Waals surface area contributed by atoms with Crippen molar-refractivity contribution in [3.8, 4) is 5.75 Å². The number of ether oxygens (including phenoxy) is 1. The molecule has 1 saturated carbocycles. The zero-order valence-electron chi connectivity index (χ0n) is 11.9. The third kappa shape index (κ3) is 4.22. The van der Waals surface area contributed by atoms with Gasteiger partial charge in [0.25, 0.3) is 0 Å². The SMILES string of the molecule is COc1ccc(Br)c(CN[C@H](C)C2CCCCC2)c1. The lowest BCUT2D eigenvalue weighted by atomic mass is 9.84. The number of halogens is 1. The van der Waals surface area contributed by atoms with Crippen LogP contribution in [0.3, 0.4) is 0 Å². The third-order valence-electron chi connectivity index (χ3n) is 4.22. The zero-order valence-corrected chi connectivity index (χ0v) is 13.5. The molecule has 0 heterocycles. The van der Waals surface area contributed by atoms with Gasteiger partial charge in [-0.3, -0.25) is 0 Å². The molecule has 0 aliphatic heterocycles. The highest BCUT2D eigenvalue weighted by molar-refractivity contribution is 9.10. The van der Waals surface area contributed by atoms with Crippen LogP contribution in [0.15, 0.2) is 22.7 Å². The first-order valence-corrected chi connectivity index (χ1v) is 8.06. The van der Waals surface area contributed by atoms with Crippen LogP contribution in [0.2, 0.25) is 0 Å². The number of rotatable bonds is 5. The largest absolute Gasteiger partial charge is 0.497 e. The summed E-state index contributed by atoms with van der Waals surface area (Å²) in [6, 6.07) is 6.74. The van der Waals surface area contributed by atoms with E-state index in [2.05, 4.69) is 40.3 Å². The number of hydrogen-bond acceptors (Lipinski definition) is 2. The van der Waals surface area contributed by atoms with Gasteiger partial charge in [-0.2, -0.15) is 0 Å². The number of methoxy groups -OCH3 is 1. The van der Waals surface area contributed by atoms with Crippen LogP contribution in [0.5, 0.6) is 5.75 Å². The van der Waals surface area contributed by atoms with Gasteiger partial charge < -0.3 is 10.1 Å². The summed E-state index contributed by atoms with van der Waals surface area (Å²) in [5.41, 5.74) is 1.27. The van der Waals surface area contributed by atoms with Crippen molar-refractivity contribution in [2.45, 2.75) is 51.6 Å². The van der Waals surface area contributed by atoms with E-state index in [0.29, 0.717) is 6.04 Å². The van der Waals surface area contributed by atoms with Gasteiger partial charge in [0.2, 0.25) is 0 Å². The molecule has 1 atom stereocenters. The number of hydrogen-bond donors (Lipinski definition) is 1. The second-order valence-electron chi connectivity index (χ2n) is 5.53. The van der Waals surface area contributed by atoms with Crippen LogP contribution in [-0.4, -0.2) is 13.2 Å². The van der Waals surface area contributed by atoms with Crippen molar-refractivity contribution in [3.05, 3.63) is 28.2 Å². The lowest BCUT2D eigenvalue weighted by Crippen LogP contribution is -2.34. The molecule has 0 unspecified atom stereocenters. The maximum atomic E-state index is 5.28. The molecular weight excluding hydrogens is 302 g/mol. The Kier molecular flexibility index (Phi) is 5.71. The summed E-state index contributed by atoms with van der Waals surface area (Å²) in [6.07, 6.45) is 6.99. The van der Waals surface area contributed by atoms with Crippen LogP contribution in [0.4, 0.5) is 0 Å². The summed E-state index contributed by atoms with van der Waals surface area (Å²) in [7, 11) is 1.71. The molecule has 0 amide bonds. The Morgan fingerprint density at radius 1 is 1.32 bits per heavy atom. The maximum absolute atomic E-state index is 5.28. The second-order valence-corrected chi connectivity index (χ2v) is 6.38. The van der Waals surface area contributed by atoms with E-state index in [0.717, 1.165) is 22.7 Å². The van der Waals surface area contributed by atoms with Gasteiger partial charge in [0.15, 0.2) is 0 Å². The Bertz CT molecular complexity index is 402. The van der Waals surface area contributed by atoms with Gasteiger partial charge in [0.1, 0.15) is 5.75 Å². The first-order valence-electron chi connectivity index (χ1n) is 7.26. The van der Waals surface area contributed by atoms with Crippen molar-refractivity contribution in [1.29, 1.82) is 0 Å². The smallest absolute Gasteiger partial charge is 0.119 e. The molecule has 2 nitrogen and oxygen atoms in total. The number of nitrogens with one attached hydrogen (secondary N) is 1. The van der Waals surface area contributed by atoms with E-state index in [1.165, 1.54) is 37.7 Å². The first kappa shape index (κ1) is 14.9. The highest BCUT2D eigenvalue weighted by atomic mass is 79.9. The molecule has 1 aromatic rings. The molecule has 0 bridgehead atoms. The minimum Gasteiger partial charge on any atom is -0.497 e. The fraction of sp³-hybridized carbons (Fsp3) is 0.625. The Balaban J connectivity index is 1.90. The summed E-state index contributed by atoms with van der Waals surface area (Å²) >= 11 is 3.61. The van der Waals surface area contributed by atoms with Gasteiger partial charge >= 0.3 is 0 Å². The molecule has 0 aromatic heterocycles. The van der Waals surface area contributed by atoms with Gasteiger partial charge in [0.05, 0.1) is 7.11 Å². The molecule has 0 radical (unpaired) electrons. The Morgan fingerprint density at radius 3 is 2.74 bits per heavy atom. The molecule has 19 heavy (non-hydrogen) atoms. The predicted octanol–water partition coefficient (Wildman–Crippen LogP) is 4.52. The minimum absolute atomic E-state index is 0.596. The fourth-order valence-corrected chi connectivity index (χ4v) is 3.27. The molecule has 1 fully saturated rings. The molecule has 0 spiro atoms. The van der Waals surface area contributed by atoms with Crippen molar-refractivity contribution < 1.29 is 4.74 Å². The minimum atomic E-state index is 0.596. The van der Waals surface area contributed by atoms with E-state index in [9.17, 15) is 0 Å². The molecule has 0 saturated heterocycles. The predicted molar refractivity (Wildman–Crippen MR) is 83.6 cm³/mol. The monoisotopic (exact) mass is 325 g/mol. The van der Waals surface area contributed by atoms with E-state index in [4.69, 9.17) is 4.74 Å². The van der Waals surface area contributed by atoms with E-state index >= 15 is 0 Å². The average molecular weight is 326 g/mol. The Hall–Kier alpha value is -0.540. The van der Waals surface area contributed by atoms with Crippen LogP contribution in [0, 0.1) is 5.92 Å². The van der Waals surface area contributed by atoms with Crippen molar-refractivity contribution in [2.24, 2.45) is 5.92 Å². The molecular formula is C16H24BrNO. The second kappa shape index (κ2) is 7.30. The zero-order chi connectivity index (χ0) is 13.7. The summed E-state index contributed by atoms with van der Waals surface area (Å²) in [5, 5.41) is 3.68. The lowest BCUT2D eigenvalue weighted by Gasteiger charge is -2.28. The molecule has 3 heteroatoms. The van der Waals surface area contributed by atoms with Crippen LogP contribution < -0.4 is 10.1 Å². The van der Waals surface area contributed by atoms with Crippen LogP contribution in [0.25, 0.3) is 0 Å². The first-order chi connectivity index (χ1) is 9.20. The Labute approximate surface area is 125 Å². The highest BCUT2D eigenvalue weighted by Crippen LogP contribution is 2.27. The van der Waals surface area contributed by atoms with Crippen molar-refractivity contribution in [2.75, 3.05) is 7.11 Å². The molecule has 106 valence electrons. The van der Waals surface area contributed by atoms with Crippen LogP contribution in [0.1, 0.15) is 44.6 Å². The molecule has 1 aliphatic carbocycles. The summed E-state index contributed by atoms with van der Waals surface area (Å²) in [5.74, 6) is 1.77. The van der Waals surface area contributed by atoms with Gasteiger partial charge in [-0.25, -0.2) is 0 Å². The molecule has 2 rings (SSSR count). The fourth-order valence-electron chi connectivity index (χ4n) is 2.89. The summed E-state index contributed by atoms with van der Waals surface area (Å²) < 4.78 is 6.43. The standard InChI is InChI=1S/C16H24BrNO/c1-12(13-6-4-3-5-7-13)18-11-14-10-15(19-2)8-9-16(14)17/h8-10,12-13,18H,3-7,11H2,1-2H3/t12-/m1/s1. The highest BCUT2D eigenvalue weighted by Gasteiger charge is 2.19. The normalized spacial score (nSPS) is 18.3. The van der Waals surface area contributed by atoms with Gasteiger partial charge in [-0.15, -0.1) is 0 Å². The van der Waals surface area contributed by atoms with E-state index in [-0.39, 0.29) is 0 Å². The summed E-state index contributed by atoms with van der Waals surface area (Å²) in [6.45, 7) is 3.22. The lowest BCUT2D eigenvalue weighted by molar-refractivity contribution is 0.280. The van der Waals surface area contributed by atoms with Gasteiger partial charge in [-0.05, 0) is 49.4 Å². The van der Waals surface area contributed by atoms with Crippen molar-refractivity contribution in [1.82, 2.24) is 5.32 Å². The van der Waals surface area contributed by atoms with E-state index in [1.54, 1.807) is 7.11 Å². The average Bonchev–Trinajstić information content (AvgIpc) is 2.47. The van der Waals surface area contributed by atoms with Crippen molar-refractivity contribution >= 4 is 15.9 Å². The maximum Gasteiger partial charge on any atom is 0.119 e. The van der Waals surface area contributed by atoms with Crippen LogP contribution in [-0.2, 0) is 6.54 Å². The van der Waals surface area contributed by atoms with Gasteiger partial charge in [-0.1, -0.05) is 35.2 Å². The topological polar surface area (TPSA) is 21.3 Å². The van der Waals surface area contributed by atoms with E-state index < -0.39 is 0 Å². The summed E-state index contributed by atoms with van der Waals surface area (Å²) in [4.78, 5) is 0. The third-order valence-corrected chi connectivity index (χ3v) is 5.00. The van der Waals surface area contributed by atoms with Gasteiger partial charge in [0, 0.05) is 17.1 Å². The van der Waals surface area contributed by atoms with Crippen molar-refractivity contribution in [3.63, 3.8) is 0 Å². The Morgan fingerprint density at radius 2 is 2.05 bits per heavy atom.